The van der Waals surface area contributed by atoms with E-state index in [-0.39, 0.29) is 65.5 Å². The van der Waals surface area contributed by atoms with Gasteiger partial charge in [-0.25, -0.2) is 16.8 Å². The number of hydrogen-bond donors (Lipinski definition) is 0. The Balaban J connectivity index is -0.000000720. The van der Waals surface area contributed by atoms with Crippen LogP contribution in [0.1, 0.15) is 19.8 Å². The molecule has 0 amide bonds. The molecule has 0 radical (unpaired) electrons. The van der Waals surface area contributed by atoms with Crippen LogP contribution >= 0.6 is 0 Å². The van der Waals surface area contributed by atoms with E-state index in [1.165, 1.54) is 0 Å². The van der Waals surface area contributed by atoms with Crippen LogP contribution in [0, 0.1) is 0 Å². The first-order chi connectivity index (χ1) is 5.69. The van der Waals surface area contributed by atoms with Gasteiger partial charge in [0.05, 0.1) is 0 Å². The van der Waals surface area contributed by atoms with Crippen molar-refractivity contribution in [1.82, 2.24) is 3.71 Å². The van der Waals surface area contributed by atoms with Gasteiger partial charge in [0.15, 0.2) is 20.6 Å². The summed E-state index contributed by atoms with van der Waals surface area (Å²) < 4.78 is 61.1. The summed E-state index contributed by atoms with van der Waals surface area (Å²) in [5.74, 6) is 0. The van der Waals surface area contributed by atoms with Gasteiger partial charge in [-0.2, -0.15) is 0 Å². The molecule has 7 nitrogen and oxygen atoms in total. The monoisotopic (exact) mass is 277 g/mol. The second-order valence-corrected chi connectivity index (χ2v) is 5.09. The molecular formula is C4H9NNa2O6S2. The van der Waals surface area contributed by atoms with E-state index < -0.39 is 30.9 Å². The zero-order valence-electron chi connectivity index (χ0n) is 8.83. The summed E-state index contributed by atoms with van der Waals surface area (Å²) in [6.45, 7) is 1.07. The minimum absolute atomic E-state index is 0. The van der Waals surface area contributed by atoms with Crippen molar-refractivity contribution in [3.8, 4) is 0 Å². The summed E-state index contributed by atoms with van der Waals surface area (Å²) in [6, 6.07) is 0. The third-order valence-corrected chi connectivity index (χ3v) is 3.65. The van der Waals surface area contributed by atoms with Crippen LogP contribution in [0.5, 0.6) is 0 Å². The SMILES string of the molecule is CCCCN(S(=O)(=O)[O-])S(=O)(=O)[O-].[Na+].[Na+]. The molecular weight excluding hydrogens is 268 g/mol. The average Bonchev–Trinajstić information content (AvgIpc) is 1.81. The van der Waals surface area contributed by atoms with Gasteiger partial charge in [-0.15, -0.1) is 3.71 Å². The van der Waals surface area contributed by atoms with Crippen LogP contribution in [0.25, 0.3) is 0 Å². The third kappa shape index (κ3) is 9.48. The Morgan fingerprint density at radius 1 is 1.00 bits per heavy atom. The predicted molar refractivity (Wildman–Crippen MR) is 41.0 cm³/mol. The van der Waals surface area contributed by atoms with Crippen LogP contribution in [0.15, 0.2) is 0 Å². The molecule has 0 saturated heterocycles. The van der Waals surface area contributed by atoms with Crippen LogP contribution in [0.2, 0.25) is 0 Å². The average molecular weight is 277 g/mol. The zero-order chi connectivity index (χ0) is 10.7. The predicted octanol–water partition coefficient (Wildman–Crippen LogP) is -6.98. The maximum Gasteiger partial charge on any atom is 1.00 e. The van der Waals surface area contributed by atoms with Gasteiger partial charge in [-0.1, -0.05) is 13.3 Å². The molecule has 0 aromatic heterocycles. The van der Waals surface area contributed by atoms with E-state index in [1.807, 2.05) is 0 Å². The van der Waals surface area contributed by atoms with Crippen LogP contribution in [-0.2, 0) is 20.6 Å². The standard InChI is InChI=1S/C4H11NO6S2.2Na/c1-2-3-4-5(12(6,7)8)13(9,10)11;;/h2-4H2,1H3,(H,6,7,8)(H,9,10,11);;/q;2*+1/p-2. The maximum absolute atomic E-state index is 10.3. The van der Waals surface area contributed by atoms with Gasteiger partial charge in [0.25, 0.3) is 0 Å². The molecule has 0 aliphatic carbocycles. The molecule has 0 fully saturated rings. The molecule has 0 aromatic rings. The molecule has 0 unspecified atom stereocenters. The van der Waals surface area contributed by atoms with Crippen LogP contribution in [0.4, 0.5) is 0 Å². The molecule has 0 heterocycles. The second kappa shape index (κ2) is 8.81. The first kappa shape index (κ1) is 22.0. The van der Waals surface area contributed by atoms with Gasteiger partial charge in [-0.05, 0) is 6.42 Å². The van der Waals surface area contributed by atoms with Gasteiger partial charge in [-0.3, -0.25) is 0 Å². The van der Waals surface area contributed by atoms with Gasteiger partial charge >= 0.3 is 59.1 Å². The topological polar surface area (TPSA) is 118 Å². The third-order valence-electron chi connectivity index (χ3n) is 1.19. The van der Waals surface area contributed by atoms with E-state index in [4.69, 9.17) is 0 Å². The van der Waals surface area contributed by atoms with Gasteiger partial charge in [0.2, 0.25) is 0 Å². The van der Waals surface area contributed by atoms with E-state index >= 15 is 0 Å². The van der Waals surface area contributed by atoms with Gasteiger partial charge in [0, 0.05) is 6.54 Å². The summed E-state index contributed by atoms with van der Waals surface area (Å²) in [5.41, 5.74) is 0. The van der Waals surface area contributed by atoms with Crippen LogP contribution < -0.4 is 59.1 Å². The van der Waals surface area contributed by atoms with Crippen molar-refractivity contribution in [2.45, 2.75) is 19.8 Å². The maximum atomic E-state index is 10.3. The van der Waals surface area contributed by atoms with E-state index in [0.717, 1.165) is 0 Å². The van der Waals surface area contributed by atoms with Crippen molar-refractivity contribution in [3.63, 3.8) is 0 Å². The van der Waals surface area contributed by atoms with Crippen LogP contribution in [0.3, 0.4) is 0 Å². The zero-order valence-corrected chi connectivity index (χ0v) is 14.5. The first-order valence-corrected chi connectivity index (χ1v) is 6.12. The molecule has 0 aliphatic rings. The van der Waals surface area contributed by atoms with Gasteiger partial charge < -0.3 is 9.11 Å². The summed E-state index contributed by atoms with van der Waals surface area (Å²) in [5, 5.41) is 0. The smallest absolute Gasteiger partial charge is 0.735 e. The Labute approximate surface area is 134 Å². The molecule has 0 atom stereocenters. The number of hydrogen-bond acceptors (Lipinski definition) is 6. The Bertz CT molecular complexity index is 319. The largest absolute Gasteiger partial charge is 1.00 e. The summed E-state index contributed by atoms with van der Waals surface area (Å²) in [6.07, 6.45) is 0.616. The Morgan fingerprint density at radius 3 is 1.53 bits per heavy atom. The summed E-state index contributed by atoms with van der Waals surface area (Å²) in [7, 11) is -10.4. The Morgan fingerprint density at radius 2 is 1.33 bits per heavy atom. The molecule has 0 N–H and O–H groups in total. The Hall–Kier alpha value is 1.78. The molecule has 0 saturated carbocycles. The first-order valence-electron chi connectivity index (χ1n) is 3.39. The van der Waals surface area contributed by atoms with E-state index in [0.29, 0.717) is 6.42 Å². The van der Waals surface area contributed by atoms with Crippen molar-refractivity contribution in [3.05, 3.63) is 0 Å². The van der Waals surface area contributed by atoms with Crippen molar-refractivity contribution >= 4 is 20.6 Å². The quantitative estimate of drug-likeness (QED) is 0.364. The molecule has 0 bridgehead atoms. The second-order valence-electron chi connectivity index (χ2n) is 2.27. The minimum atomic E-state index is -5.21. The van der Waals surface area contributed by atoms with Crippen LogP contribution in [-0.4, -0.2) is 36.2 Å². The number of unbranched alkanes of at least 4 members (excludes halogenated alkanes) is 1. The van der Waals surface area contributed by atoms with Crippen molar-refractivity contribution in [2.24, 2.45) is 0 Å². The van der Waals surface area contributed by atoms with Crippen molar-refractivity contribution in [1.29, 1.82) is 0 Å². The molecule has 0 spiro atoms. The summed E-state index contributed by atoms with van der Waals surface area (Å²) >= 11 is 0. The van der Waals surface area contributed by atoms with Crippen molar-refractivity contribution < 1.29 is 85.1 Å². The van der Waals surface area contributed by atoms with E-state index in [9.17, 15) is 25.9 Å². The molecule has 15 heavy (non-hydrogen) atoms. The number of rotatable bonds is 5. The molecule has 80 valence electrons. The normalized spacial score (nSPS) is 11.7. The minimum Gasteiger partial charge on any atom is -0.735 e. The Kier molecular flexibility index (Phi) is 12.9. The fourth-order valence-electron chi connectivity index (χ4n) is 0.623. The number of nitrogens with zero attached hydrogens (tertiary/aromatic N) is 1. The molecule has 0 aliphatic heterocycles. The van der Waals surface area contributed by atoms with Crippen molar-refractivity contribution in [2.75, 3.05) is 6.54 Å². The molecule has 0 rings (SSSR count). The van der Waals surface area contributed by atoms with E-state index in [2.05, 4.69) is 0 Å². The fourth-order valence-corrected chi connectivity index (χ4v) is 2.22. The molecule has 0 aromatic carbocycles. The van der Waals surface area contributed by atoms with Gasteiger partial charge in [0.1, 0.15) is 0 Å². The summed E-state index contributed by atoms with van der Waals surface area (Å²) in [4.78, 5) is 0. The van der Waals surface area contributed by atoms with E-state index in [1.54, 1.807) is 6.92 Å². The molecule has 11 heteroatoms. The fraction of sp³-hybridized carbons (Fsp3) is 1.00.